The molecule has 0 amide bonds. The summed E-state index contributed by atoms with van der Waals surface area (Å²) in [7, 11) is 0. The van der Waals surface area contributed by atoms with Crippen molar-refractivity contribution in [1.82, 2.24) is 4.98 Å². The summed E-state index contributed by atoms with van der Waals surface area (Å²) in [6.07, 6.45) is 3.34. The number of carbonyl (C=O) groups excluding carboxylic acids is 1. The Hall–Kier alpha value is -2.85. The van der Waals surface area contributed by atoms with Crippen LogP contribution in [0.2, 0.25) is 0 Å². The number of Topliss-reactive ketones (excluding diaryl/α,β-unsaturated/α-hetero) is 1. The van der Waals surface area contributed by atoms with E-state index in [9.17, 15) is 4.79 Å². The molecular weight excluding hydrogens is 360 g/mol. The van der Waals surface area contributed by atoms with Crippen LogP contribution in [0.1, 0.15) is 40.0 Å². The summed E-state index contributed by atoms with van der Waals surface area (Å²) in [4.78, 5) is 21.4. The van der Waals surface area contributed by atoms with Gasteiger partial charge in [0.1, 0.15) is 17.5 Å². The second-order valence-corrected chi connectivity index (χ2v) is 7.77. The lowest BCUT2D eigenvalue weighted by molar-refractivity contribution is 0.0988. The van der Waals surface area contributed by atoms with E-state index >= 15 is 0 Å². The van der Waals surface area contributed by atoms with Gasteiger partial charge in [-0.2, -0.15) is 5.26 Å². The highest BCUT2D eigenvalue weighted by Gasteiger charge is 2.39. The minimum Gasteiger partial charge on any atom is -0.493 e. The fraction of sp³-hybridized carbons (Fsp3) is 0.300. The van der Waals surface area contributed by atoms with E-state index in [0.29, 0.717) is 23.0 Å². The summed E-state index contributed by atoms with van der Waals surface area (Å²) in [5, 5.41) is 9.46. The number of hydrogen-bond donors (Lipinski definition) is 1. The molecule has 2 aliphatic heterocycles. The number of pyridine rings is 1. The fourth-order valence-corrected chi connectivity index (χ4v) is 4.43. The molecular formula is C20H18N4O2S. The number of ketones is 1. The molecule has 136 valence electrons. The van der Waals surface area contributed by atoms with Gasteiger partial charge in [0.15, 0.2) is 11.0 Å². The van der Waals surface area contributed by atoms with E-state index in [4.69, 9.17) is 20.7 Å². The monoisotopic (exact) mass is 378 g/mol. The Morgan fingerprint density at radius 2 is 2.22 bits per heavy atom. The maximum atomic E-state index is 12.6. The molecule has 0 saturated carbocycles. The summed E-state index contributed by atoms with van der Waals surface area (Å²) in [6.45, 7) is 0.613. The first kappa shape index (κ1) is 17.6. The van der Waals surface area contributed by atoms with Gasteiger partial charge in [-0.05, 0) is 36.2 Å². The number of thioether (sulfide) groups is 1. The van der Waals surface area contributed by atoms with E-state index in [1.807, 2.05) is 24.3 Å². The lowest BCUT2D eigenvalue weighted by Crippen LogP contribution is -2.36. The van der Waals surface area contributed by atoms with Crippen molar-refractivity contribution in [2.45, 2.75) is 24.8 Å². The number of aromatic nitrogens is 1. The van der Waals surface area contributed by atoms with Crippen molar-refractivity contribution in [3.63, 3.8) is 0 Å². The molecule has 1 unspecified atom stereocenters. The smallest absolute Gasteiger partial charge is 0.185 e. The van der Waals surface area contributed by atoms with Crippen molar-refractivity contribution in [1.29, 1.82) is 5.26 Å². The summed E-state index contributed by atoms with van der Waals surface area (Å²) in [5.74, 6) is 1.65. The van der Waals surface area contributed by atoms with Gasteiger partial charge in [-0.1, -0.05) is 17.8 Å². The van der Waals surface area contributed by atoms with Crippen LogP contribution in [0.15, 0.2) is 41.5 Å². The molecule has 1 aromatic heterocycles. The van der Waals surface area contributed by atoms with Crippen LogP contribution < -0.4 is 10.5 Å². The minimum atomic E-state index is -0.353. The molecule has 0 fully saturated rings. The Kier molecular flexibility index (Phi) is 4.58. The van der Waals surface area contributed by atoms with Crippen LogP contribution >= 0.6 is 11.8 Å². The lowest BCUT2D eigenvalue weighted by Gasteiger charge is -2.38. The average molecular weight is 378 g/mol. The van der Waals surface area contributed by atoms with Gasteiger partial charge in [-0.15, -0.1) is 0 Å². The van der Waals surface area contributed by atoms with Gasteiger partial charge in [0.25, 0.3) is 0 Å². The molecule has 1 atom stereocenters. The number of rotatable bonds is 3. The number of aliphatic imine (C=N–C) groups is 1. The average Bonchev–Trinajstić information content (AvgIpc) is 2.69. The summed E-state index contributed by atoms with van der Waals surface area (Å²) in [5.41, 5.74) is 8.34. The molecule has 6 nitrogen and oxygen atoms in total. The third-order valence-electron chi connectivity index (χ3n) is 4.95. The van der Waals surface area contributed by atoms with Crippen LogP contribution in [0.5, 0.6) is 5.75 Å². The molecule has 27 heavy (non-hydrogen) atoms. The molecule has 2 aliphatic rings. The molecule has 0 bridgehead atoms. The van der Waals surface area contributed by atoms with Gasteiger partial charge in [-0.3, -0.25) is 14.8 Å². The second kappa shape index (κ2) is 7.05. The number of benzene rings is 1. The summed E-state index contributed by atoms with van der Waals surface area (Å²) in [6, 6.07) is 11.0. The highest BCUT2D eigenvalue weighted by atomic mass is 32.2. The fourth-order valence-electron chi connectivity index (χ4n) is 3.54. The third kappa shape index (κ3) is 3.40. The zero-order valence-corrected chi connectivity index (χ0v) is 15.5. The number of amidine groups is 1. The molecule has 0 aliphatic carbocycles. The Balaban J connectivity index is 1.63. The molecule has 7 heteroatoms. The van der Waals surface area contributed by atoms with Crippen molar-refractivity contribution in [2.75, 3.05) is 12.4 Å². The normalized spacial score (nSPS) is 20.9. The van der Waals surface area contributed by atoms with Gasteiger partial charge in [-0.25, -0.2) is 0 Å². The van der Waals surface area contributed by atoms with Gasteiger partial charge in [0.05, 0.1) is 17.7 Å². The van der Waals surface area contributed by atoms with Crippen LogP contribution in [-0.4, -0.2) is 28.3 Å². The highest BCUT2D eigenvalue weighted by Crippen LogP contribution is 2.45. The van der Waals surface area contributed by atoms with Gasteiger partial charge in [0, 0.05) is 30.4 Å². The highest BCUT2D eigenvalue weighted by molar-refractivity contribution is 8.13. The Bertz CT molecular complexity index is 965. The first-order chi connectivity index (χ1) is 13.1. The predicted molar refractivity (Wildman–Crippen MR) is 104 cm³/mol. The van der Waals surface area contributed by atoms with E-state index in [1.54, 1.807) is 23.9 Å². The minimum absolute atomic E-state index is 0.0903. The Morgan fingerprint density at radius 1 is 1.33 bits per heavy atom. The van der Waals surface area contributed by atoms with Crippen LogP contribution in [0.25, 0.3) is 0 Å². The predicted octanol–water partition coefficient (Wildman–Crippen LogP) is 2.81. The van der Waals surface area contributed by atoms with Crippen molar-refractivity contribution < 1.29 is 9.53 Å². The summed E-state index contributed by atoms with van der Waals surface area (Å²) >= 11 is 1.58. The molecule has 1 spiro atoms. The number of fused-ring (bicyclic) bond motifs is 2. The molecule has 2 N–H and O–H groups in total. The first-order valence-electron chi connectivity index (χ1n) is 8.73. The Labute approximate surface area is 161 Å². The number of hydrogen-bond acceptors (Lipinski definition) is 7. The van der Waals surface area contributed by atoms with Gasteiger partial charge in [0.2, 0.25) is 0 Å². The third-order valence-corrected chi connectivity index (χ3v) is 5.75. The first-order valence-corrected chi connectivity index (χ1v) is 9.72. The van der Waals surface area contributed by atoms with E-state index < -0.39 is 0 Å². The zero-order chi connectivity index (χ0) is 18.9. The van der Waals surface area contributed by atoms with Crippen molar-refractivity contribution in [3.8, 4) is 11.8 Å². The largest absolute Gasteiger partial charge is 0.493 e. The quantitative estimate of drug-likeness (QED) is 0.824. The Morgan fingerprint density at radius 3 is 2.96 bits per heavy atom. The van der Waals surface area contributed by atoms with E-state index in [2.05, 4.69) is 4.98 Å². The second-order valence-electron chi connectivity index (χ2n) is 6.65. The van der Waals surface area contributed by atoms with Crippen molar-refractivity contribution in [3.05, 3.63) is 58.9 Å². The van der Waals surface area contributed by atoms with Crippen LogP contribution in [0, 0.1) is 11.3 Å². The number of nitrogens with two attached hydrogens (primary N) is 1. The van der Waals surface area contributed by atoms with Crippen LogP contribution in [0.3, 0.4) is 0 Å². The molecule has 3 heterocycles. The molecule has 4 rings (SSSR count). The molecule has 0 saturated heterocycles. The lowest BCUT2D eigenvalue weighted by atomic mass is 9.81. The number of carbonyl (C=O) groups is 1. The molecule has 2 aromatic rings. The number of nitriles is 1. The number of ether oxygens (including phenoxy) is 1. The molecule has 1 aromatic carbocycles. The standard InChI is InChI=1S/C20H18N4O2S/c21-11-14-1-3-16(23-12-14)17(25)10-13-2-4-18-15(9-13)20(5-7-26-18)6-8-27-19(22)24-20/h1-4,9,12H,5-8,10H2,(H2,22,24). The van der Waals surface area contributed by atoms with E-state index in [1.165, 1.54) is 6.20 Å². The maximum absolute atomic E-state index is 12.6. The van der Waals surface area contributed by atoms with Crippen molar-refractivity contribution >= 4 is 22.7 Å². The van der Waals surface area contributed by atoms with E-state index in [-0.39, 0.29) is 17.7 Å². The molecule has 0 radical (unpaired) electrons. The van der Waals surface area contributed by atoms with Crippen LogP contribution in [-0.2, 0) is 12.0 Å². The van der Waals surface area contributed by atoms with Crippen LogP contribution in [0.4, 0.5) is 0 Å². The number of nitrogens with zero attached hydrogens (tertiary/aromatic N) is 3. The topological polar surface area (TPSA) is 101 Å². The van der Waals surface area contributed by atoms with Crippen molar-refractivity contribution in [2.24, 2.45) is 10.7 Å². The van der Waals surface area contributed by atoms with Gasteiger partial charge < -0.3 is 10.5 Å². The summed E-state index contributed by atoms with van der Waals surface area (Å²) < 4.78 is 5.81. The SMILES string of the molecule is N#Cc1ccc(C(=O)Cc2ccc3c(c2)C2(CCO3)CCSC(N)=N2)nc1. The maximum Gasteiger partial charge on any atom is 0.185 e. The zero-order valence-electron chi connectivity index (χ0n) is 14.6. The van der Waals surface area contributed by atoms with E-state index in [0.717, 1.165) is 35.5 Å². The van der Waals surface area contributed by atoms with Gasteiger partial charge >= 0.3 is 0 Å².